The molecule has 0 spiro atoms. The van der Waals surface area contributed by atoms with E-state index in [0.717, 1.165) is 64.2 Å². The summed E-state index contributed by atoms with van der Waals surface area (Å²) in [6, 6.07) is 0. The zero-order valence-corrected chi connectivity index (χ0v) is 17.8. The minimum Gasteiger partial charge on any atom is -0.748 e. The predicted molar refractivity (Wildman–Crippen MR) is 81.6 cm³/mol. The van der Waals surface area contributed by atoms with Gasteiger partial charge in [-0.05, 0) is 19.3 Å². The molecule has 0 saturated heterocycles. The van der Waals surface area contributed by atoms with Gasteiger partial charge in [0.1, 0.15) is 0 Å². The summed E-state index contributed by atoms with van der Waals surface area (Å²) in [4.78, 5) is 0. The van der Waals surface area contributed by atoms with E-state index < -0.39 is 10.1 Å². The minimum atomic E-state index is -4.02. The van der Waals surface area contributed by atoms with Crippen LogP contribution in [-0.4, -0.2) is 29.9 Å². The van der Waals surface area contributed by atoms with Gasteiger partial charge in [-0.1, -0.05) is 64.7 Å². The Morgan fingerprint density at radius 3 is 1.76 bits per heavy atom. The van der Waals surface area contributed by atoms with E-state index in [0.29, 0.717) is 6.42 Å². The van der Waals surface area contributed by atoms with Gasteiger partial charge in [-0.3, -0.25) is 0 Å². The molecule has 0 aromatic rings. The third-order valence-electron chi connectivity index (χ3n) is 3.57. The van der Waals surface area contributed by atoms with Crippen molar-refractivity contribution < 1.29 is 69.5 Å². The van der Waals surface area contributed by atoms with Gasteiger partial charge in [0, 0.05) is 5.75 Å². The molecule has 0 aromatic heterocycles. The van der Waals surface area contributed by atoms with Gasteiger partial charge in [0.05, 0.1) is 16.2 Å². The molecule has 0 aliphatic heterocycles. The summed E-state index contributed by atoms with van der Waals surface area (Å²) in [7, 11) is -4.02. The van der Waals surface area contributed by atoms with E-state index in [4.69, 9.17) is 0 Å². The Balaban J connectivity index is 0. The summed E-state index contributed by atoms with van der Waals surface area (Å²) >= 11 is 0. The summed E-state index contributed by atoms with van der Waals surface area (Å²) in [6.07, 6.45) is 12.0. The van der Waals surface area contributed by atoms with Crippen LogP contribution in [0.5, 0.6) is 0 Å². The van der Waals surface area contributed by atoms with Crippen LogP contribution in [0.25, 0.3) is 0 Å². The smallest absolute Gasteiger partial charge is 0.748 e. The van der Waals surface area contributed by atoms with Gasteiger partial charge in [-0.2, -0.15) is 0 Å². The van der Waals surface area contributed by atoms with Crippen molar-refractivity contribution >= 4 is 10.1 Å². The maximum atomic E-state index is 10.4. The number of aliphatic hydroxyl groups excluding tert-OH is 1. The minimum absolute atomic E-state index is 0. The quantitative estimate of drug-likeness (QED) is 0.284. The maximum absolute atomic E-state index is 10.4. The number of rotatable bonds is 14. The fraction of sp³-hybridized carbons (Fsp3) is 1.00. The van der Waals surface area contributed by atoms with Crippen LogP contribution in [0.15, 0.2) is 0 Å². The number of aliphatic hydroxyl groups is 1. The van der Waals surface area contributed by atoms with Gasteiger partial charge in [0.15, 0.2) is 0 Å². The van der Waals surface area contributed by atoms with E-state index >= 15 is 0 Å². The Hall–Kier alpha value is 1.51. The fourth-order valence-corrected chi connectivity index (χ4v) is 2.86. The Labute approximate surface area is 173 Å². The van der Waals surface area contributed by atoms with Crippen molar-refractivity contribution in [2.24, 2.45) is 0 Å². The molecule has 0 heterocycles. The topological polar surface area (TPSA) is 77.4 Å². The Morgan fingerprint density at radius 2 is 1.29 bits per heavy atom. The maximum Gasteiger partial charge on any atom is 1.00 e. The van der Waals surface area contributed by atoms with Crippen molar-refractivity contribution in [2.75, 3.05) is 5.75 Å². The van der Waals surface area contributed by atoms with Crippen molar-refractivity contribution in [3.8, 4) is 0 Å². The first-order valence-electron chi connectivity index (χ1n) is 8.07. The van der Waals surface area contributed by atoms with Gasteiger partial charge in [-0.15, -0.1) is 0 Å². The molecular formula is C15H31KO4S. The summed E-state index contributed by atoms with van der Waals surface area (Å²) in [5.74, 6) is -0.220. The van der Waals surface area contributed by atoms with Crippen molar-refractivity contribution in [1.82, 2.24) is 0 Å². The molecule has 0 saturated carbocycles. The number of hydrogen-bond acceptors (Lipinski definition) is 4. The zero-order chi connectivity index (χ0) is 15.3. The van der Waals surface area contributed by atoms with Gasteiger partial charge in [0.25, 0.3) is 0 Å². The molecule has 0 aromatic carbocycles. The molecule has 1 unspecified atom stereocenters. The van der Waals surface area contributed by atoms with Crippen molar-refractivity contribution in [1.29, 1.82) is 0 Å². The molecule has 0 aliphatic carbocycles. The second kappa shape index (κ2) is 16.4. The van der Waals surface area contributed by atoms with E-state index in [-0.39, 0.29) is 63.2 Å². The predicted octanol–water partition coefficient (Wildman–Crippen LogP) is 0.598. The monoisotopic (exact) mass is 346 g/mol. The van der Waals surface area contributed by atoms with Crippen LogP contribution in [0, 0.1) is 0 Å². The van der Waals surface area contributed by atoms with Crippen molar-refractivity contribution in [3.05, 3.63) is 0 Å². The van der Waals surface area contributed by atoms with Crippen LogP contribution in [0.3, 0.4) is 0 Å². The largest absolute Gasteiger partial charge is 1.00 e. The molecule has 0 amide bonds. The average Bonchev–Trinajstić information content (AvgIpc) is 2.37. The summed E-state index contributed by atoms with van der Waals surface area (Å²) in [5.41, 5.74) is 0. The van der Waals surface area contributed by atoms with E-state index in [9.17, 15) is 18.1 Å². The summed E-state index contributed by atoms with van der Waals surface area (Å²) < 4.78 is 31.1. The second-order valence-electron chi connectivity index (χ2n) is 5.67. The molecule has 4 nitrogen and oxygen atoms in total. The molecule has 21 heavy (non-hydrogen) atoms. The summed E-state index contributed by atoms with van der Waals surface area (Å²) in [5, 5.41) is 9.67. The Kier molecular flexibility index (Phi) is 19.3. The Morgan fingerprint density at radius 1 is 0.857 bits per heavy atom. The average molecular weight is 347 g/mol. The zero-order valence-electron chi connectivity index (χ0n) is 13.8. The van der Waals surface area contributed by atoms with E-state index in [1.807, 2.05) is 0 Å². The molecular weight excluding hydrogens is 315 g/mol. The fourth-order valence-electron chi connectivity index (χ4n) is 2.30. The second-order valence-corrected chi connectivity index (χ2v) is 7.20. The first kappa shape index (κ1) is 24.8. The SMILES string of the molecule is CCCCC(O)CCCCCCCCCCS(=O)(=O)[O-].[K+]. The van der Waals surface area contributed by atoms with Crippen LogP contribution in [0.1, 0.15) is 84.0 Å². The normalized spacial score (nSPS) is 12.9. The van der Waals surface area contributed by atoms with Crippen LogP contribution >= 0.6 is 0 Å². The first-order chi connectivity index (χ1) is 9.45. The van der Waals surface area contributed by atoms with Crippen LogP contribution < -0.4 is 51.4 Å². The molecule has 0 aliphatic rings. The standard InChI is InChI=1S/C15H32O4S.K/c1-2-3-12-15(16)13-10-8-6-4-5-7-9-11-14-20(17,18)19;/h15-16H,2-14H2,1H3,(H,17,18,19);/q;+1/p-1. The van der Waals surface area contributed by atoms with Crippen molar-refractivity contribution in [3.63, 3.8) is 0 Å². The molecule has 0 bridgehead atoms. The van der Waals surface area contributed by atoms with Gasteiger partial charge >= 0.3 is 51.4 Å². The van der Waals surface area contributed by atoms with E-state index in [1.165, 1.54) is 6.42 Å². The molecule has 0 radical (unpaired) electrons. The van der Waals surface area contributed by atoms with Crippen molar-refractivity contribution in [2.45, 2.75) is 90.1 Å². The first-order valence-corrected chi connectivity index (χ1v) is 9.65. The van der Waals surface area contributed by atoms with Gasteiger partial charge in [-0.25, -0.2) is 8.42 Å². The molecule has 1 N–H and O–H groups in total. The molecule has 122 valence electrons. The summed E-state index contributed by atoms with van der Waals surface area (Å²) in [6.45, 7) is 2.14. The van der Waals surface area contributed by atoms with Gasteiger partial charge in [0.2, 0.25) is 0 Å². The molecule has 0 rings (SSSR count). The van der Waals surface area contributed by atoms with Crippen LogP contribution in [-0.2, 0) is 10.1 Å². The Bertz CT molecular complexity index is 307. The molecule has 1 atom stereocenters. The third kappa shape index (κ3) is 21.5. The van der Waals surface area contributed by atoms with E-state index in [2.05, 4.69) is 6.92 Å². The molecule has 0 fully saturated rings. The van der Waals surface area contributed by atoms with Crippen LogP contribution in [0.4, 0.5) is 0 Å². The third-order valence-corrected chi connectivity index (χ3v) is 4.36. The number of unbranched alkanes of at least 4 members (excludes halogenated alkanes) is 8. The van der Waals surface area contributed by atoms with Crippen LogP contribution in [0.2, 0.25) is 0 Å². The number of hydrogen-bond donors (Lipinski definition) is 1. The van der Waals surface area contributed by atoms with Gasteiger partial charge < -0.3 is 9.66 Å². The molecule has 6 heteroatoms. The van der Waals surface area contributed by atoms with E-state index in [1.54, 1.807) is 0 Å².